The lowest BCUT2D eigenvalue weighted by molar-refractivity contribution is -0.132. The highest BCUT2D eigenvalue weighted by atomic mass is 16.2. The zero-order chi connectivity index (χ0) is 13.7. The summed E-state index contributed by atoms with van der Waals surface area (Å²) in [5, 5.41) is 0. The van der Waals surface area contributed by atoms with Crippen molar-refractivity contribution in [2.75, 3.05) is 7.05 Å². The van der Waals surface area contributed by atoms with E-state index in [1.165, 1.54) is 16.7 Å². The van der Waals surface area contributed by atoms with E-state index in [-0.39, 0.29) is 11.9 Å². The molecule has 1 amide bonds. The molecule has 1 aromatic carbocycles. The zero-order valence-electron chi connectivity index (χ0n) is 11.9. The Morgan fingerprint density at radius 2 is 2.06 bits per heavy atom. The van der Waals surface area contributed by atoms with Crippen molar-refractivity contribution in [2.45, 2.75) is 46.2 Å². The molecule has 0 radical (unpaired) electrons. The van der Waals surface area contributed by atoms with Gasteiger partial charge in [-0.3, -0.25) is 4.79 Å². The van der Waals surface area contributed by atoms with Gasteiger partial charge in [-0.2, -0.15) is 0 Å². The van der Waals surface area contributed by atoms with E-state index in [0.29, 0.717) is 6.54 Å². The van der Waals surface area contributed by atoms with Gasteiger partial charge in [-0.15, -0.1) is 0 Å². The van der Waals surface area contributed by atoms with Gasteiger partial charge in [0.05, 0.1) is 6.04 Å². The third-order valence-corrected chi connectivity index (χ3v) is 3.20. The first kappa shape index (κ1) is 14.7. The van der Waals surface area contributed by atoms with Crippen LogP contribution in [0.5, 0.6) is 0 Å². The normalized spacial score (nSPS) is 12.3. The average molecular weight is 248 g/mol. The number of carbonyl (C=O) groups is 1. The highest BCUT2D eigenvalue weighted by Crippen LogP contribution is 2.13. The summed E-state index contributed by atoms with van der Waals surface area (Å²) in [5.41, 5.74) is 9.50. The van der Waals surface area contributed by atoms with Crippen LogP contribution in [-0.2, 0) is 11.3 Å². The van der Waals surface area contributed by atoms with Crippen LogP contribution in [0.3, 0.4) is 0 Å². The molecule has 0 bridgehead atoms. The lowest BCUT2D eigenvalue weighted by Gasteiger charge is -2.22. The molecule has 2 N–H and O–H groups in total. The molecule has 0 aliphatic heterocycles. The maximum absolute atomic E-state index is 12.0. The first-order valence-corrected chi connectivity index (χ1v) is 6.52. The first-order chi connectivity index (χ1) is 8.45. The lowest BCUT2D eigenvalue weighted by atomic mass is 10.0. The van der Waals surface area contributed by atoms with E-state index in [9.17, 15) is 4.79 Å². The molecule has 0 aliphatic rings. The van der Waals surface area contributed by atoms with Crippen molar-refractivity contribution in [3.8, 4) is 0 Å². The summed E-state index contributed by atoms with van der Waals surface area (Å²) >= 11 is 0. The number of hydrogen-bond acceptors (Lipinski definition) is 2. The molecule has 3 nitrogen and oxygen atoms in total. The third-order valence-electron chi connectivity index (χ3n) is 3.20. The summed E-state index contributed by atoms with van der Waals surface area (Å²) in [7, 11) is 1.82. The van der Waals surface area contributed by atoms with E-state index < -0.39 is 0 Å². The molecule has 18 heavy (non-hydrogen) atoms. The molecule has 1 atom stereocenters. The fourth-order valence-electron chi connectivity index (χ4n) is 2.07. The Hall–Kier alpha value is -1.35. The standard InChI is InChI=1S/C15H24N2O/c1-5-6-14(16)15(18)17(4)10-13-8-7-11(2)9-12(13)3/h7-9,14H,5-6,10,16H2,1-4H3/t14-/m1/s1. The summed E-state index contributed by atoms with van der Waals surface area (Å²) in [6.45, 7) is 6.81. The van der Waals surface area contributed by atoms with Crippen LogP contribution >= 0.6 is 0 Å². The number of likely N-dealkylation sites (N-methyl/N-ethyl adjacent to an activating group) is 1. The molecular weight excluding hydrogens is 224 g/mol. The van der Waals surface area contributed by atoms with Gasteiger partial charge in [0.2, 0.25) is 5.91 Å². The van der Waals surface area contributed by atoms with Crippen LogP contribution in [-0.4, -0.2) is 23.9 Å². The van der Waals surface area contributed by atoms with Gasteiger partial charge >= 0.3 is 0 Å². The number of benzene rings is 1. The molecular formula is C15H24N2O. The van der Waals surface area contributed by atoms with Crippen molar-refractivity contribution in [2.24, 2.45) is 5.73 Å². The molecule has 0 heterocycles. The molecule has 0 unspecified atom stereocenters. The van der Waals surface area contributed by atoms with Crippen molar-refractivity contribution in [3.05, 3.63) is 34.9 Å². The van der Waals surface area contributed by atoms with E-state index in [1.54, 1.807) is 4.90 Å². The molecule has 0 saturated heterocycles. The maximum atomic E-state index is 12.0. The Morgan fingerprint density at radius 3 is 2.61 bits per heavy atom. The van der Waals surface area contributed by atoms with E-state index >= 15 is 0 Å². The maximum Gasteiger partial charge on any atom is 0.239 e. The smallest absolute Gasteiger partial charge is 0.239 e. The monoisotopic (exact) mass is 248 g/mol. The van der Waals surface area contributed by atoms with Crippen LogP contribution in [0.1, 0.15) is 36.5 Å². The minimum atomic E-state index is -0.370. The van der Waals surface area contributed by atoms with Gasteiger partial charge in [0.1, 0.15) is 0 Å². The molecule has 1 aromatic rings. The number of amides is 1. The minimum Gasteiger partial charge on any atom is -0.340 e. The lowest BCUT2D eigenvalue weighted by Crippen LogP contribution is -2.41. The van der Waals surface area contributed by atoms with Crippen molar-refractivity contribution in [1.29, 1.82) is 0 Å². The molecule has 0 aromatic heterocycles. The second kappa shape index (κ2) is 6.55. The van der Waals surface area contributed by atoms with Crippen molar-refractivity contribution in [3.63, 3.8) is 0 Å². The molecule has 0 aliphatic carbocycles. The topological polar surface area (TPSA) is 46.3 Å². The molecule has 100 valence electrons. The predicted molar refractivity (Wildman–Crippen MR) is 75.3 cm³/mol. The summed E-state index contributed by atoms with van der Waals surface area (Å²) in [6.07, 6.45) is 1.68. The number of nitrogens with two attached hydrogens (primary N) is 1. The Morgan fingerprint density at radius 1 is 1.39 bits per heavy atom. The van der Waals surface area contributed by atoms with Gasteiger partial charge in [0.15, 0.2) is 0 Å². The second-order valence-electron chi connectivity index (χ2n) is 5.02. The van der Waals surface area contributed by atoms with Crippen LogP contribution in [0.15, 0.2) is 18.2 Å². The zero-order valence-corrected chi connectivity index (χ0v) is 11.9. The number of hydrogen-bond donors (Lipinski definition) is 1. The van der Waals surface area contributed by atoms with E-state index in [4.69, 9.17) is 5.73 Å². The number of rotatable bonds is 5. The number of nitrogens with zero attached hydrogens (tertiary/aromatic N) is 1. The fraction of sp³-hybridized carbons (Fsp3) is 0.533. The van der Waals surface area contributed by atoms with Crippen molar-refractivity contribution in [1.82, 2.24) is 4.90 Å². The highest BCUT2D eigenvalue weighted by Gasteiger charge is 2.17. The third kappa shape index (κ3) is 3.84. The Bertz CT molecular complexity index is 415. The van der Waals surface area contributed by atoms with Crippen molar-refractivity contribution < 1.29 is 4.79 Å². The van der Waals surface area contributed by atoms with Crippen LogP contribution in [0.4, 0.5) is 0 Å². The first-order valence-electron chi connectivity index (χ1n) is 6.52. The quantitative estimate of drug-likeness (QED) is 0.869. The fourth-order valence-corrected chi connectivity index (χ4v) is 2.07. The van der Waals surface area contributed by atoms with Gasteiger partial charge in [-0.1, -0.05) is 37.1 Å². The van der Waals surface area contributed by atoms with Gasteiger partial charge in [0, 0.05) is 13.6 Å². The van der Waals surface area contributed by atoms with Crippen LogP contribution in [0.25, 0.3) is 0 Å². The van der Waals surface area contributed by atoms with Crippen molar-refractivity contribution >= 4 is 5.91 Å². The Labute approximate surface area is 110 Å². The van der Waals surface area contributed by atoms with E-state index in [1.807, 2.05) is 14.0 Å². The SMILES string of the molecule is CCC[C@@H](N)C(=O)N(C)Cc1ccc(C)cc1C. The highest BCUT2D eigenvalue weighted by molar-refractivity contribution is 5.81. The van der Waals surface area contributed by atoms with Crippen LogP contribution < -0.4 is 5.73 Å². The Balaban J connectivity index is 2.69. The van der Waals surface area contributed by atoms with E-state index in [2.05, 4.69) is 32.0 Å². The van der Waals surface area contributed by atoms with Gasteiger partial charge in [-0.25, -0.2) is 0 Å². The molecule has 3 heteroatoms. The largest absolute Gasteiger partial charge is 0.340 e. The molecule has 0 saturated carbocycles. The molecule has 1 rings (SSSR count). The number of carbonyl (C=O) groups excluding carboxylic acids is 1. The number of aryl methyl sites for hydroxylation is 2. The summed E-state index contributed by atoms with van der Waals surface area (Å²) in [5.74, 6) is 0.0248. The predicted octanol–water partition coefficient (Wildman–Crippen LogP) is 2.39. The molecule has 0 fully saturated rings. The van der Waals surface area contributed by atoms with Crippen LogP contribution in [0, 0.1) is 13.8 Å². The van der Waals surface area contributed by atoms with E-state index in [0.717, 1.165) is 12.8 Å². The average Bonchev–Trinajstić information content (AvgIpc) is 2.32. The summed E-state index contributed by atoms with van der Waals surface area (Å²) in [6, 6.07) is 5.93. The molecule has 0 spiro atoms. The summed E-state index contributed by atoms with van der Waals surface area (Å²) in [4.78, 5) is 13.7. The summed E-state index contributed by atoms with van der Waals surface area (Å²) < 4.78 is 0. The van der Waals surface area contributed by atoms with Gasteiger partial charge < -0.3 is 10.6 Å². The Kier molecular flexibility index (Phi) is 5.35. The minimum absolute atomic E-state index is 0.0248. The van der Waals surface area contributed by atoms with Gasteiger partial charge in [-0.05, 0) is 31.4 Å². The second-order valence-corrected chi connectivity index (χ2v) is 5.02. The van der Waals surface area contributed by atoms with Gasteiger partial charge in [0.25, 0.3) is 0 Å². The van der Waals surface area contributed by atoms with Crippen LogP contribution in [0.2, 0.25) is 0 Å².